The van der Waals surface area contributed by atoms with Crippen molar-refractivity contribution in [3.63, 3.8) is 0 Å². The third kappa shape index (κ3) is 8.60. The first-order chi connectivity index (χ1) is 23.5. The molecule has 2 N–H and O–H groups in total. The summed E-state index contributed by atoms with van der Waals surface area (Å²) in [6.07, 6.45) is 11.1. The fourth-order valence-corrected chi connectivity index (χ4v) is 8.33. The van der Waals surface area contributed by atoms with Gasteiger partial charge in [0.05, 0.1) is 19.8 Å². The van der Waals surface area contributed by atoms with Crippen LogP contribution in [0.1, 0.15) is 74.5 Å². The Morgan fingerprint density at radius 3 is 1.85 bits per heavy atom. The van der Waals surface area contributed by atoms with Gasteiger partial charge in [-0.05, 0) is 101 Å². The Bertz CT molecular complexity index is 1330. The van der Waals surface area contributed by atoms with Crippen LogP contribution in [0.4, 0.5) is 0 Å². The topological polar surface area (TPSA) is 71.3 Å². The van der Waals surface area contributed by atoms with Crippen molar-refractivity contribution in [3.05, 3.63) is 95.6 Å². The molecule has 7 heteroatoms. The van der Waals surface area contributed by atoms with Crippen molar-refractivity contribution >= 4 is 5.91 Å². The summed E-state index contributed by atoms with van der Waals surface area (Å²) in [7, 11) is 5.79. The molecule has 0 bridgehead atoms. The van der Waals surface area contributed by atoms with E-state index in [-0.39, 0.29) is 11.8 Å². The van der Waals surface area contributed by atoms with E-state index in [0.29, 0.717) is 6.04 Å². The van der Waals surface area contributed by atoms with Crippen LogP contribution in [0.3, 0.4) is 0 Å². The number of amides is 1. The highest BCUT2D eigenvalue weighted by atomic mass is 16.5. The summed E-state index contributed by atoms with van der Waals surface area (Å²) in [5, 5.41) is 0. The highest BCUT2D eigenvalue weighted by molar-refractivity contribution is 5.91. The number of rotatable bonds is 18. The third-order valence-electron chi connectivity index (χ3n) is 11.1. The van der Waals surface area contributed by atoms with Gasteiger partial charge in [-0.25, -0.2) is 0 Å². The number of hydrogen-bond donors (Lipinski definition) is 1. The second kappa shape index (κ2) is 17.8. The highest BCUT2D eigenvalue weighted by Gasteiger charge is 2.49. The molecule has 3 aromatic carbocycles. The Kier molecular flexibility index (Phi) is 13.3. The SMILES string of the molecule is COc1cccc(OC)c1CN1CCC(N(C)CCCCCCCCN2CC[C@@H](C(C(N)=O)(c3ccccc3)c3ccccc3)C2)CC1. The van der Waals surface area contributed by atoms with Crippen LogP contribution >= 0.6 is 0 Å². The zero-order chi connectivity index (χ0) is 33.8. The summed E-state index contributed by atoms with van der Waals surface area (Å²) in [5.41, 5.74) is 8.65. The standard InChI is InChI=1S/C41H58N4O3/c1-43(36-24-29-45(30-25-36)32-37-38(47-2)21-16-22-39(37)48-3)26-14-6-4-5-7-15-27-44-28-23-35(31-44)41(40(42)46,33-17-10-8-11-18-33)34-19-12-9-13-20-34/h8-13,16-22,35-36H,4-7,14-15,23-32H2,1-3H3,(H2,42,46)/t35-/m1/s1. The van der Waals surface area contributed by atoms with Gasteiger partial charge in [-0.3, -0.25) is 9.69 Å². The van der Waals surface area contributed by atoms with E-state index in [1.54, 1.807) is 14.2 Å². The first-order valence-electron chi connectivity index (χ1n) is 18.2. The minimum atomic E-state index is -0.800. The van der Waals surface area contributed by atoms with Crippen LogP contribution in [-0.2, 0) is 16.8 Å². The number of benzene rings is 3. The average Bonchev–Trinajstić information content (AvgIpc) is 3.59. The Morgan fingerprint density at radius 2 is 1.29 bits per heavy atom. The lowest BCUT2D eigenvalue weighted by molar-refractivity contribution is -0.123. The lowest BCUT2D eigenvalue weighted by Gasteiger charge is -2.37. The van der Waals surface area contributed by atoms with Crippen LogP contribution in [0.5, 0.6) is 11.5 Å². The minimum absolute atomic E-state index is 0.167. The van der Waals surface area contributed by atoms with E-state index in [2.05, 4.69) is 46.0 Å². The maximum absolute atomic E-state index is 13.3. The molecule has 2 fully saturated rings. The average molecular weight is 655 g/mol. The number of ether oxygens (including phenoxy) is 2. The van der Waals surface area contributed by atoms with Crippen molar-refractivity contribution in [2.45, 2.75) is 75.8 Å². The molecule has 2 aliphatic rings. The van der Waals surface area contributed by atoms with Gasteiger partial charge < -0.3 is 25.0 Å². The Hall–Kier alpha value is -3.39. The van der Waals surface area contributed by atoms with Gasteiger partial charge >= 0.3 is 0 Å². The predicted molar refractivity (Wildman–Crippen MR) is 196 cm³/mol. The van der Waals surface area contributed by atoms with Gasteiger partial charge in [-0.15, -0.1) is 0 Å². The van der Waals surface area contributed by atoms with Crippen molar-refractivity contribution in [2.24, 2.45) is 11.7 Å². The minimum Gasteiger partial charge on any atom is -0.496 e. The molecule has 2 saturated heterocycles. The van der Waals surface area contributed by atoms with Gasteiger partial charge in [0.1, 0.15) is 16.9 Å². The molecule has 0 saturated carbocycles. The van der Waals surface area contributed by atoms with Crippen LogP contribution in [0, 0.1) is 5.92 Å². The van der Waals surface area contributed by atoms with E-state index in [1.807, 2.05) is 54.6 Å². The zero-order valence-electron chi connectivity index (χ0n) is 29.6. The Labute approximate surface area is 289 Å². The van der Waals surface area contributed by atoms with Crippen LogP contribution in [0.15, 0.2) is 78.9 Å². The number of carbonyl (C=O) groups excluding carboxylic acids is 1. The second-order valence-corrected chi connectivity index (χ2v) is 13.9. The van der Waals surface area contributed by atoms with E-state index in [0.717, 1.165) is 73.9 Å². The van der Waals surface area contributed by atoms with E-state index in [9.17, 15) is 4.79 Å². The summed E-state index contributed by atoms with van der Waals surface area (Å²) < 4.78 is 11.2. The highest BCUT2D eigenvalue weighted by Crippen LogP contribution is 2.43. The molecule has 2 heterocycles. The first kappa shape index (κ1) is 35.9. The number of unbranched alkanes of at least 4 members (excludes halogenated alkanes) is 5. The smallest absolute Gasteiger partial charge is 0.232 e. The van der Waals surface area contributed by atoms with Crippen molar-refractivity contribution in [3.8, 4) is 11.5 Å². The lowest BCUT2D eigenvalue weighted by atomic mass is 9.64. The number of primary amides is 1. The van der Waals surface area contributed by atoms with Gasteiger partial charge in [-0.2, -0.15) is 0 Å². The molecule has 48 heavy (non-hydrogen) atoms. The largest absolute Gasteiger partial charge is 0.496 e. The first-order valence-corrected chi connectivity index (χ1v) is 18.2. The van der Waals surface area contributed by atoms with Crippen molar-refractivity contribution in [1.29, 1.82) is 0 Å². The molecule has 0 unspecified atom stereocenters. The van der Waals surface area contributed by atoms with Crippen molar-refractivity contribution in [1.82, 2.24) is 14.7 Å². The van der Waals surface area contributed by atoms with E-state index in [1.165, 1.54) is 57.9 Å². The lowest BCUT2D eigenvalue weighted by Crippen LogP contribution is -2.49. The number of likely N-dealkylation sites (tertiary alicyclic amines) is 2. The number of piperidine rings is 1. The molecule has 0 spiro atoms. The summed E-state index contributed by atoms with van der Waals surface area (Å²) in [6.45, 7) is 7.31. The molecule has 1 amide bonds. The fraction of sp³-hybridized carbons (Fsp3) is 0.537. The Balaban J connectivity index is 0.977. The van der Waals surface area contributed by atoms with Crippen LogP contribution in [0.25, 0.3) is 0 Å². The molecule has 2 aliphatic heterocycles. The zero-order valence-corrected chi connectivity index (χ0v) is 29.6. The molecule has 0 aliphatic carbocycles. The normalized spacial score (nSPS) is 18.0. The summed E-state index contributed by atoms with van der Waals surface area (Å²) >= 11 is 0. The van der Waals surface area contributed by atoms with Crippen LogP contribution in [-0.4, -0.2) is 87.2 Å². The maximum Gasteiger partial charge on any atom is 0.232 e. The molecule has 3 aromatic rings. The van der Waals surface area contributed by atoms with E-state index >= 15 is 0 Å². The number of methoxy groups -OCH3 is 2. The molecule has 1 atom stereocenters. The monoisotopic (exact) mass is 654 g/mol. The summed E-state index contributed by atoms with van der Waals surface area (Å²) in [5.74, 6) is 1.74. The molecule has 7 nitrogen and oxygen atoms in total. The quantitative estimate of drug-likeness (QED) is 0.153. The number of nitrogens with two attached hydrogens (primary N) is 1. The van der Waals surface area contributed by atoms with E-state index in [4.69, 9.17) is 15.2 Å². The van der Waals surface area contributed by atoms with Gasteiger partial charge in [0.25, 0.3) is 0 Å². The van der Waals surface area contributed by atoms with Gasteiger partial charge in [-0.1, -0.05) is 92.4 Å². The predicted octanol–water partition coefficient (Wildman–Crippen LogP) is 6.73. The molecule has 0 radical (unpaired) electrons. The van der Waals surface area contributed by atoms with Crippen LogP contribution in [0.2, 0.25) is 0 Å². The molecule has 5 rings (SSSR count). The van der Waals surface area contributed by atoms with Crippen molar-refractivity contribution < 1.29 is 14.3 Å². The second-order valence-electron chi connectivity index (χ2n) is 13.9. The maximum atomic E-state index is 13.3. The van der Waals surface area contributed by atoms with Crippen LogP contribution < -0.4 is 15.2 Å². The van der Waals surface area contributed by atoms with Gasteiger partial charge in [0, 0.05) is 19.1 Å². The summed E-state index contributed by atoms with van der Waals surface area (Å²) in [6, 6.07) is 27.1. The molecule has 0 aromatic heterocycles. The fourth-order valence-electron chi connectivity index (χ4n) is 8.33. The summed E-state index contributed by atoms with van der Waals surface area (Å²) in [4.78, 5) is 21.0. The Morgan fingerprint density at radius 1 is 0.750 bits per heavy atom. The van der Waals surface area contributed by atoms with Gasteiger partial charge in [0.15, 0.2) is 0 Å². The number of carbonyl (C=O) groups is 1. The molecule has 260 valence electrons. The number of hydrogen-bond acceptors (Lipinski definition) is 6. The van der Waals surface area contributed by atoms with E-state index < -0.39 is 5.41 Å². The molecular weight excluding hydrogens is 596 g/mol. The van der Waals surface area contributed by atoms with Crippen molar-refractivity contribution in [2.75, 3.05) is 60.5 Å². The molecular formula is C41H58N4O3. The third-order valence-corrected chi connectivity index (χ3v) is 11.1. The number of nitrogens with zero attached hydrogens (tertiary/aromatic N) is 3. The van der Waals surface area contributed by atoms with Gasteiger partial charge in [0.2, 0.25) is 5.91 Å².